The minimum atomic E-state index is -2.46. The highest BCUT2D eigenvalue weighted by Gasteiger charge is 2.58. The summed E-state index contributed by atoms with van der Waals surface area (Å²) in [6.45, 7) is 12.5. The predicted molar refractivity (Wildman–Crippen MR) is 94.3 cm³/mol. The van der Waals surface area contributed by atoms with Crippen LogP contribution in [0.3, 0.4) is 0 Å². The summed E-state index contributed by atoms with van der Waals surface area (Å²) in [5, 5.41) is 0. The van der Waals surface area contributed by atoms with Gasteiger partial charge in [-0.3, -0.25) is 0 Å². The second kappa shape index (κ2) is 13.6. The molecule has 0 spiro atoms. The second-order valence-corrected chi connectivity index (χ2v) is 6.80. The van der Waals surface area contributed by atoms with Crippen LogP contribution in [0, 0.1) is 0 Å². The zero-order valence-corrected chi connectivity index (χ0v) is 16.3. The molecule has 2 unspecified atom stereocenters. The molecule has 0 heterocycles. The van der Waals surface area contributed by atoms with Crippen molar-refractivity contribution in [2.24, 2.45) is 0 Å². The van der Waals surface area contributed by atoms with Crippen LogP contribution < -0.4 is 0 Å². The lowest BCUT2D eigenvalue weighted by atomic mass is 10.4. The van der Waals surface area contributed by atoms with Gasteiger partial charge < -0.3 is 18.9 Å². The van der Waals surface area contributed by atoms with Crippen molar-refractivity contribution in [2.45, 2.75) is 65.2 Å². The lowest BCUT2D eigenvalue weighted by molar-refractivity contribution is -0.403. The van der Waals surface area contributed by atoms with Crippen LogP contribution in [0.5, 0.6) is 0 Å². The first-order chi connectivity index (χ1) is 11.5. The fraction of sp³-hybridized carbons (Fsp3) is 0.824. The summed E-state index contributed by atoms with van der Waals surface area (Å²) in [5.41, 5.74) is -0.601. The molecule has 0 fully saturated rings. The van der Waals surface area contributed by atoms with Crippen molar-refractivity contribution in [2.75, 3.05) is 26.4 Å². The Morgan fingerprint density at radius 2 is 1.38 bits per heavy atom. The summed E-state index contributed by atoms with van der Waals surface area (Å²) in [7, 11) is -2.46. The van der Waals surface area contributed by atoms with E-state index in [1.807, 2.05) is 27.7 Å². The van der Waals surface area contributed by atoms with E-state index < -0.39 is 25.1 Å². The van der Waals surface area contributed by atoms with Crippen molar-refractivity contribution >= 4 is 13.3 Å². The molecule has 0 amide bonds. The molecule has 0 aromatic carbocycles. The van der Waals surface area contributed by atoms with Gasteiger partial charge in [-0.1, -0.05) is 38.8 Å². The maximum Gasteiger partial charge on any atom is 0.460 e. The molecule has 0 bridgehead atoms. The minimum Gasteiger partial charge on any atom is -0.328 e. The van der Waals surface area contributed by atoms with E-state index in [0.29, 0.717) is 32.8 Å². The fourth-order valence-electron chi connectivity index (χ4n) is 1.82. The third kappa shape index (κ3) is 7.49. The van der Waals surface area contributed by atoms with Gasteiger partial charge in [-0.15, -0.1) is 0 Å². The largest absolute Gasteiger partial charge is 0.460 e. The van der Waals surface area contributed by atoms with Gasteiger partial charge in [0.1, 0.15) is 0 Å². The monoisotopic (exact) mass is 363 g/mol. The lowest BCUT2D eigenvalue weighted by Gasteiger charge is -2.33. The summed E-state index contributed by atoms with van der Waals surface area (Å²) >= 11 is 0. The summed E-state index contributed by atoms with van der Waals surface area (Å²) in [6, 6.07) is 0. The zero-order valence-electron chi connectivity index (χ0n) is 15.4. The molecular weight excluding hydrogens is 331 g/mol. The third-order valence-corrected chi connectivity index (χ3v) is 4.42. The summed E-state index contributed by atoms with van der Waals surface area (Å²) < 4.78 is 35.8. The summed E-state index contributed by atoms with van der Waals surface area (Å²) in [6.07, 6.45) is 3.90. The maximum atomic E-state index is 12.7. The number of ether oxygens (including phenoxy) is 4. The Balaban J connectivity index is 5.71. The summed E-state index contributed by atoms with van der Waals surface area (Å²) in [4.78, 5) is 11.9. The molecule has 24 heavy (non-hydrogen) atoms. The van der Waals surface area contributed by atoms with Crippen LogP contribution in [0.1, 0.15) is 53.4 Å². The summed E-state index contributed by atoms with van der Waals surface area (Å²) in [5.74, 6) is -2.79. The number of rotatable bonds is 16. The molecule has 0 saturated heterocycles. The van der Waals surface area contributed by atoms with E-state index in [-0.39, 0.29) is 0 Å². The number of allylic oxidation sites excluding steroid dienone is 1. The molecule has 0 aromatic rings. The fourth-order valence-corrected chi connectivity index (χ4v) is 2.98. The Morgan fingerprint density at radius 1 is 0.958 bits per heavy atom. The second-order valence-electron chi connectivity index (χ2n) is 5.24. The highest BCUT2D eigenvalue weighted by molar-refractivity contribution is 7.64. The van der Waals surface area contributed by atoms with Crippen molar-refractivity contribution in [3.8, 4) is 0 Å². The van der Waals surface area contributed by atoms with E-state index in [2.05, 4.69) is 6.58 Å². The average Bonchev–Trinajstić information content (AvgIpc) is 2.61. The Hall–Kier alpha value is -0.650. The van der Waals surface area contributed by atoms with E-state index in [1.165, 1.54) is 0 Å². The normalized spacial score (nSPS) is 13.6. The molecule has 0 aliphatic heterocycles. The van der Waals surface area contributed by atoms with E-state index in [4.69, 9.17) is 18.9 Å². The van der Waals surface area contributed by atoms with Gasteiger partial charge in [0, 0.05) is 6.08 Å². The van der Waals surface area contributed by atoms with Gasteiger partial charge in [0.05, 0.1) is 26.4 Å². The first-order valence-electron chi connectivity index (χ1n) is 8.69. The van der Waals surface area contributed by atoms with Crippen molar-refractivity contribution in [1.82, 2.24) is 0 Å². The Labute approximate surface area is 146 Å². The highest BCUT2D eigenvalue weighted by Crippen LogP contribution is 2.41. The number of hydrogen-bond acceptors (Lipinski definition) is 6. The van der Waals surface area contributed by atoms with Crippen molar-refractivity contribution in [3.63, 3.8) is 0 Å². The average molecular weight is 363 g/mol. The Kier molecular flexibility index (Phi) is 13.3. The highest BCUT2D eigenvalue weighted by atomic mass is 31.1. The maximum absolute atomic E-state index is 12.7. The Morgan fingerprint density at radius 3 is 1.71 bits per heavy atom. The standard InChI is InChI=1S/C17H32O6P/c1-6-11-20-16(24(19)15(18)10-5)17(21-12-7-2,22-13-8-3)23-14-9-4/h10,16H,5-9,11-14H2,1-4H3/q+1. The smallest absolute Gasteiger partial charge is 0.328 e. The van der Waals surface area contributed by atoms with E-state index >= 15 is 0 Å². The minimum absolute atomic E-state index is 0.318. The molecule has 6 nitrogen and oxygen atoms in total. The molecule has 7 heteroatoms. The quantitative estimate of drug-likeness (QED) is 0.232. The van der Waals surface area contributed by atoms with Gasteiger partial charge in [0.15, 0.2) is 0 Å². The van der Waals surface area contributed by atoms with Crippen LogP contribution in [0.15, 0.2) is 12.7 Å². The van der Waals surface area contributed by atoms with Crippen LogP contribution in [0.4, 0.5) is 0 Å². The molecular formula is C17H32O6P+. The molecule has 0 N–H and O–H groups in total. The van der Waals surface area contributed by atoms with Crippen LogP contribution in [0.25, 0.3) is 0 Å². The number of hydrogen-bond donors (Lipinski definition) is 0. The molecule has 0 aliphatic rings. The van der Waals surface area contributed by atoms with Gasteiger partial charge in [-0.25, -0.2) is 4.79 Å². The van der Waals surface area contributed by atoms with E-state index in [9.17, 15) is 9.36 Å². The van der Waals surface area contributed by atoms with E-state index in [1.54, 1.807) is 0 Å². The molecule has 2 atom stereocenters. The lowest BCUT2D eigenvalue weighted by Crippen LogP contribution is -2.51. The van der Waals surface area contributed by atoms with Gasteiger partial charge in [0.25, 0.3) is 0 Å². The molecule has 0 rings (SSSR count). The van der Waals surface area contributed by atoms with Gasteiger partial charge in [-0.2, -0.15) is 0 Å². The van der Waals surface area contributed by atoms with Crippen LogP contribution in [-0.2, 0) is 28.3 Å². The van der Waals surface area contributed by atoms with Crippen LogP contribution in [0.2, 0.25) is 0 Å². The van der Waals surface area contributed by atoms with Crippen molar-refractivity contribution < 1.29 is 28.3 Å². The topological polar surface area (TPSA) is 71.1 Å². The number of carbonyl (C=O) groups is 1. The zero-order chi connectivity index (χ0) is 18.4. The van der Waals surface area contributed by atoms with Gasteiger partial charge >= 0.3 is 25.1 Å². The van der Waals surface area contributed by atoms with Crippen LogP contribution in [-0.4, -0.2) is 43.8 Å². The molecule has 0 aromatic heterocycles. The Bertz CT molecular complexity index is 364. The van der Waals surface area contributed by atoms with Gasteiger partial charge in [-0.05, 0) is 25.7 Å². The molecule has 0 radical (unpaired) electrons. The predicted octanol–water partition coefficient (Wildman–Crippen LogP) is 4.21. The first kappa shape index (κ1) is 23.4. The first-order valence-corrected chi connectivity index (χ1v) is 10.0. The molecule has 0 saturated carbocycles. The van der Waals surface area contributed by atoms with Crippen LogP contribution >= 0.6 is 7.80 Å². The van der Waals surface area contributed by atoms with E-state index in [0.717, 1.165) is 25.3 Å². The third-order valence-electron chi connectivity index (χ3n) is 2.91. The van der Waals surface area contributed by atoms with Crippen molar-refractivity contribution in [3.05, 3.63) is 12.7 Å². The SMILES string of the molecule is C=CC(=O)[P+](=O)C(OCCC)C(OCCC)(OCCC)OCCC. The van der Waals surface area contributed by atoms with Gasteiger partial charge in [0.2, 0.25) is 0 Å². The van der Waals surface area contributed by atoms with Crippen molar-refractivity contribution in [1.29, 1.82) is 0 Å². The molecule has 0 aliphatic carbocycles. The molecule has 140 valence electrons. The number of carbonyl (C=O) groups excluding carboxylic acids is 1.